The van der Waals surface area contributed by atoms with Crippen LogP contribution < -0.4 is 4.90 Å². The minimum atomic E-state index is -0.331. The van der Waals surface area contributed by atoms with E-state index in [1.807, 2.05) is 28.9 Å². The Morgan fingerprint density at radius 2 is 2.08 bits per heavy atom. The average Bonchev–Trinajstić information content (AvgIpc) is 3.53. The minimum absolute atomic E-state index is 0.00160. The summed E-state index contributed by atoms with van der Waals surface area (Å²) in [6, 6.07) is 11.2. The van der Waals surface area contributed by atoms with Crippen LogP contribution >= 0.6 is 0 Å². The Kier molecular flexibility index (Phi) is 5.59. The molecule has 0 radical (unpaired) electrons. The summed E-state index contributed by atoms with van der Waals surface area (Å²) in [7, 11) is 1.95. The first-order valence-electron chi connectivity index (χ1n) is 12.8. The van der Waals surface area contributed by atoms with Crippen LogP contribution in [0.15, 0.2) is 49.2 Å². The Morgan fingerprint density at radius 1 is 1.27 bits per heavy atom. The molecule has 7 nitrogen and oxygen atoms in total. The molecule has 1 aromatic carbocycles. The van der Waals surface area contributed by atoms with Crippen LogP contribution in [0.1, 0.15) is 41.3 Å². The van der Waals surface area contributed by atoms with Crippen LogP contribution in [0, 0.1) is 22.6 Å². The van der Waals surface area contributed by atoms with Crippen molar-refractivity contribution in [2.75, 3.05) is 31.1 Å². The molecule has 4 heterocycles. The Balaban J connectivity index is 1.42. The highest BCUT2D eigenvalue weighted by molar-refractivity contribution is 5.88. The molecule has 2 aliphatic heterocycles. The summed E-state index contributed by atoms with van der Waals surface area (Å²) < 4.78 is 17.1. The van der Waals surface area contributed by atoms with Crippen molar-refractivity contribution >= 4 is 11.7 Å². The van der Waals surface area contributed by atoms with Gasteiger partial charge in [0, 0.05) is 73.3 Å². The van der Waals surface area contributed by atoms with Crippen LogP contribution in [0.4, 0.5) is 10.2 Å². The van der Waals surface area contributed by atoms with E-state index in [2.05, 4.69) is 28.7 Å². The molecule has 188 valence electrons. The van der Waals surface area contributed by atoms with Crippen molar-refractivity contribution in [3.8, 4) is 17.2 Å². The highest BCUT2D eigenvalue weighted by Gasteiger charge is 2.49. The van der Waals surface area contributed by atoms with Crippen LogP contribution in [0.5, 0.6) is 0 Å². The lowest BCUT2D eigenvalue weighted by atomic mass is 9.79. The quantitative estimate of drug-likeness (QED) is 0.511. The van der Waals surface area contributed by atoms with E-state index >= 15 is 4.39 Å². The molecule has 1 aliphatic carbocycles. The van der Waals surface area contributed by atoms with E-state index in [9.17, 15) is 10.1 Å². The third kappa shape index (κ3) is 3.81. The maximum atomic E-state index is 15.2. The lowest BCUT2D eigenvalue weighted by Crippen LogP contribution is -2.59. The van der Waals surface area contributed by atoms with Gasteiger partial charge in [0.25, 0.3) is 0 Å². The van der Waals surface area contributed by atoms with Gasteiger partial charge >= 0.3 is 0 Å². The molecule has 2 saturated heterocycles. The highest BCUT2D eigenvalue weighted by atomic mass is 19.1. The molecule has 37 heavy (non-hydrogen) atoms. The van der Waals surface area contributed by atoms with Gasteiger partial charge in [-0.15, -0.1) is 0 Å². The molecular formula is C29H29FN6O. The first-order valence-corrected chi connectivity index (χ1v) is 12.8. The lowest BCUT2D eigenvalue weighted by molar-refractivity contribution is -0.136. The molecule has 8 heteroatoms. The molecule has 0 saturated carbocycles. The SMILES string of the molecule is C=CC(=O)N1CC2(CCN(c3nc4c(c(-c5ccccc5F)c3C#N)CCC(c3ccnn3C)C4)C2)C1. The number of nitriles is 1. The Morgan fingerprint density at radius 3 is 2.78 bits per heavy atom. The molecule has 6 rings (SSSR count). The fourth-order valence-electron chi connectivity index (χ4n) is 6.51. The summed E-state index contributed by atoms with van der Waals surface area (Å²) in [5.41, 5.74) is 4.65. The maximum Gasteiger partial charge on any atom is 0.245 e. The van der Waals surface area contributed by atoms with Gasteiger partial charge in [0.1, 0.15) is 23.3 Å². The second kappa shape index (κ2) is 8.84. The molecule has 1 atom stereocenters. The molecule has 3 aliphatic rings. The van der Waals surface area contributed by atoms with E-state index in [1.165, 1.54) is 12.1 Å². The minimum Gasteiger partial charge on any atom is -0.355 e. The number of benzene rings is 1. The van der Waals surface area contributed by atoms with Crippen LogP contribution in [0.2, 0.25) is 0 Å². The van der Waals surface area contributed by atoms with Crippen molar-refractivity contribution in [2.45, 2.75) is 31.6 Å². The molecule has 1 amide bonds. The van der Waals surface area contributed by atoms with Gasteiger partial charge in [0.2, 0.25) is 5.91 Å². The molecule has 1 spiro atoms. The third-order valence-electron chi connectivity index (χ3n) is 8.36. The van der Waals surface area contributed by atoms with E-state index < -0.39 is 0 Å². The van der Waals surface area contributed by atoms with Gasteiger partial charge in [0.05, 0.1) is 0 Å². The number of hydrogen-bond donors (Lipinski definition) is 0. The van der Waals surface area contributed by atoms with E-state index in [-0.39, 0.29) is 23.1 Å². The number of pyridine rings is 1. The Hall–Kier alpha value is -3.99. The topological polar surface area (TPSA) is 78.1 Å². The van der Waals surface area contributed by atoms with Crippen molar-refractivity contribution in [2.24, 2.45) is 12.5 Å². The largest absolute Gasteiger partial charge is 0.355 e. The number of halogens is 1. The van der Waals surface area contributed by atoms with Crippen LogP contribution in [-0.4, -0.2) is 51.8 Å². The molecule has 2 aromatic heterocycles. The first kappa shape index (κ1) is 23.4. The number of hydrogen-bond acceptors (Lipinski definition) is 5. The van der Waals surface area contributed by atoms with Crippen LogP contribution in [0.25, 0.3) is 11.1 Å². The highest BCUT2D eigenvalue weighted by Crippen LogP contribution is 2.45. The first-order chi connectivity index (χ1) is 17.9. The monoisotopic (exact) mass is 496 g/mol. The van der Waals surface area contributed by atoms with E-state index in [4.69, 9.17) is 4.98 Å². The van der Waals surface area contributed by atoms with Crippen molar-refractivity contribution in [1.29, 1.82) is 5.26 Å². The normalized spacial score (nSPS) is 19.9. The zero-order valence-electron chi connectivity index (χ0n) is 21.0. The molecule has 0 bridgehead atoms. The number of amides is 1. The number of nitrogens with zero attached hydrogens (tertiary/aromatic N) is 6. The summed E-state index contributed by atoms with van der Waals surface area (Å²) in [6.45, 7) is 6.43. The maximum absolute atomic E-state index is 15.2. The zero-order valence-corrected chi connectivity index (χ0v) is 21.0. The number of fused-ring (bicyclic) bond motifs is 1. The number of carbonyl (C=O) groups excluding carboxylic acids is 1. The number of likely N-dealkylation sites (tertiary alicyclic amines) is 1. The van der Waals surface area contributed by atoms with E-state index in [1.54, 1.807) is 12.1 Å². The van der Waals surface area contributed by atoms with Crippen molar-refractivity contribution in [3.63, 3.8) is 0 Å². The fourth-order valence-corrected chi connectivity index (χ4v) is 6.51. The molecule has 3 aromatic rings. The zero-order chi connectivity index (χ0) is 25.7. The summed E-state index contributed by atoms with van der Waals surface area (Å²) in [5.74, 6) is 0.520. The average molecular weight is 497 g/mol. The molecular weight excluding hydrogens is 467 g/mol. The third-order valence-corrected chi connectivity index (χ3v) is 8.36. The van der Waals surface area contributed by atoms with Crippen molar-refractivity contribution in [3.05, 3.63) is 77.5 Å². The number of anilines is 1. The van der Waals surface area contributed by atoms with Crippen LogP contribution in [0.3, 0.4) is 0 Å². The standard InChI is InChI=1S/C29H29FN6O/c1-3-26(37)36-17-29(18-36)11-13-35(16-29)28-22(15-31)27(20-6-4-5-7-23(20)30)21-9-8-19(14-24(21)33-28)25-10-12-32-34(25)2/h3-7,10,12,19H,1,8-9,11,13-14,16-18H2,2H3. The van der Waals surface area contributed by atoms with Gasteiger partial charge in [-0.2, -0.15) is 10.4 Å². The predicted octanol–water partition coefficient (Wildman–Crippen LogP) is 3.99. The van der Waals surface area contributed by atoms with Crippen molar-refractivity contribution in [1.82, 2.24) is 19.7 Å². The van der Waals surface area contributed by atoms with Gasteiger partial charge in [-0.25, -0.2) is 9.37 Å². The Labute approximate surface area is 215 Å². The number of aromatic nitrogens is 3. The smallest absolute Gasteiger partial charge is 0.245 e. The summed E-state index contributed by atoms with van der Waals surface area (Å²) in [5, 5.41) is 14.7. The fraction of sp³-hybridized carbons (Fsp3) is 0.379. The molecule has 0 N–H and O–H groups in total. The van der Waals surface area contributed by atoms with Gasteiger partial charge in [-0.3, -0.25) is 9.48 Å². The molecule has 2 fully saturated rings. The van der Waals surface area contributed by atoms with E-state index in [0.717, 1.165) is 55.7 Å². The number of rotatable bonds is 4. The van der Waals surface area contributed by atoms with Gasteiger partial charge in [-0.1, -0.05) is 24.8 Å². The number of carbonyl (C=O) groups is 1. The number of aryl methyl sites for hydroxylation is 1. The summed E-state index contributed by atoms with van der Waals surface area (Å²) in [6.07, 6.45) is 6.42. The van der Waals surface area contributed by atoms with E-state index in [0.29, 0.717) is 35.6 Å². The van der Waals surface area contributed by atoms with Crippen LogP contribution in [-0.2, 0) is 24.7 Å². The lowest BCUT2D eigenvalue weighted by Gasteiger charge is -2.47. The molecule has 1 unspecified atom stereocenters. The Bertz CT molecular complexity index is 1450. The van der Waals surface area contributed by atoms with Crippen molar-refractivity contribution < 1.29 is 9.18 Å². The van der Waals surface area contributed by atoms with Gasteiger partial charge < -0.3 is 9.80 Å². The predicted molar refractivity (Wildman–Crippen MR) is 138 cm³/mol. The summed E-state index contributed by atoms with van der Waals surface area (Å²) >= 11 is 0. The van der Waals surface area contributed by atoms with Gasteiger partial charge in [-0.05, 0) is 49.5 Å². The second-order valence-corrected chi connectivity index (χ2v) is 10.6. The summed E-state index contributed by atoms with van der Waals surface area (Å²) in [4.78, 5) is 21.1. The second-order valence-electron chi connectivity index (χ2n) is 10.6. The van der Waals surface area contributed by atoms with Gasteiger partial charge in [0.15, 0.2) is 0 Å².